The molecule has 1 aliphatic rings. The number of pyridine rings is 1. The summed E-state index contributed by atoms with van der Waals surface area (Å²) in [5, 5.41) is 3.50. The maximum absolute atomic E-state index is 12.4. The van der Waals surface area contributed by atoms with E-state index in [0.29, 0.717) is 23.0 Å². The number of ether oxygens (including phenoxy) is 1. The number of benzene rings is 2. The lowest BCUT2D eigenvalue weighted by Crippen LogP contribution is -2.14. The lowest BCUT2D eigenvalue weighted by molar-refractivity contribution is 0.102. The van der Waals surface area contributed by atoms with E-state index in [1.54, 1.807) is 18.3 Å². The van der Waals surface area contributed by atoms with E-state index in [1.807, 2.05) is 57.2 Å². The Bertz CT molecular complexity index is 984. The van der Waals surface area contributed by atoms with Crippen LogP contribution in [0.5, 0.6) is 5.75 Å². The molecule has 0 saturated heterocycles. The molecule has 2 heterocycles. The van der Waals surface area contributed by atoms with Gasteiger partial charge in [-0.25, -0.2) is 4.98 Å². The van der Waals surface area contributed by atoms with E-state index >= 15 is 0 Å². The highest BCUT2D eigenvalue weighted by Gasteiger charge is 2.16. The molecule has 4 nitrogen and oxygen atoms in total. The summed E-state index contributed by atoms with van der Waals surface area (Å²) in [6, 6.07) is 15.0. The Hall–Kier alpha value is -2.85. The Morgan fingerprint density at radius 3 is 2.64 bits per heavy atom. The first-order valence-corrected chi connectivity index (χ1v) is 9.78. The lowest BCUT2D eigenvalue weighted by atomic mass is 10.0. The van der Waals surface area contributed by atoms with Crippen molar-refractivity contribution in [2.24, 2.45) is 0 Å². The SMILES string of the molecule is CC.Cc1ccccc1C(=O)Nc1ccc(-c2cc3c(cc2Cl)CCO3)cn1. The number of carbonyl (C=O) groups is 1. The van der Waals surface area contributed by atoms with Gasteiger partial charge in [0.05, 0.1) is 6.61 Å². The van der Waals surface area contributed by atoms with Crippen molar-refractivity contribution in [1.82, 2.24) is 4.98 Å². The third-order valence-corrected chi connectivity index (χ3v) is 4.80. The summed E-state index contributed by atoms with van der Waals surface area (Å²) in [5.41, 5.74) is 4.44. The van der Waals surface area contributed by atoms with Gasteiger partial charge in [0.25, 0.3) is 5.91 Å². The van der Waals surface area contributed by atoms with Gasteiger partial charge in [0, 0.05) is 34.3 Å². The number of amides is 1. The van der Waals surface area contributed by atoms with E-state index in [0.717, 1.165) is 34.4 Å². The molecule has 2 aromatic carbocycles. The fourth-order valence-corrected chi connectivity index (χ4v) is 3.35. The monoisotopic (exact) mass is 394 g/mol. The summed E-state index contributed by atoms with van der Waals surface area (Å²) in [5.74, 6) is 1.20. The number of hydrogen-bond acceptors (Lipinski definition) is 3. The van der Waals surface area contributed by atoms with Gasteiger partial charge in [-0.3, -0.25) is 4.79 Å². The van der Waals surface area contributed by atoms with Gasteiger partial charge in [0.15, 0.2) is 0 Å². The minimum atomic E-state index is -0.174. The van der Waals surface area contributed by atoms with Gasteiger partial charge in [-0.15, -0.1) is 0 Å². The van der Waals surface area contributed by atoms with Crippen molar-refractivity contribution in [1.29, 1.82) is 0 Å². The molecule has 4 rings (SSSR count). The quantitative estimate of drug-likeness (QED) is 0.599. The van der Waals surface area contributed by atoms with Crippen LogP contribution in [0.2, 0.25) is 5.02 Å². The molecule has 0 saturated carbocycles. The largest absolute Gasteiger partial charge is 0.493 e. The number of nitrogens with one attached hydrogen (secondary N) is 1. The zero-order chi connectivity index (χ0) is 20.1. The Morgan fingerprint density at radius 2 is 1.93 bits per heavy atom. The molecule has 0 unspecified atom stereocenters. The van der Waals surface area contributed by atoms with Crippen LogP contribution in [0.4, 0.5) is 5.82 Å². The molecule has 1 amide bonds. The fourth-order valence-electron chi connectivity index (χ4n) is 3.05. The molecule has 0 aliphatic carbocycles. The van der Waals surface area contributed by atoms with E-state index in [4.69, 9.17) is 16.3 Å². The number of carbonyl (C=O) groups excluding carboxylic acids is 1. The van der Waals surface area contributed by atoms with Crippen molar-refractivity contribution < 1.29 is 9.53 Å². The topological polar surface area (TPSA) is 51.2 Å². The second-order valence-corrected chi connectivity index (χ2v) is 6.65. The average molecular weight is 395 g/mol. The summed E-state index contributed by atoms with van der Waals surface area (Å²) in [4.78, 5) is 16.7. The number of nitrogens with zero attached hydrogens (tertiary/aromatic N) is 1. The normalized spacial score (nSPS) is 11.7. The Balaban J connectivity index is 0.00000109. The molecule has 1 aliphatic heterocycles. The number of rotatable bonds is 3. The van der Waals surface area contributed by atoms with Crippen LogP contribution in [0.3, 0.4) is 0 Å². The summed E-state index contributed by atoms with van der Waals surface area (Å²) in [7, 11) is 0. The van der Waals surface area contributed by atoms with Crippen LogP contribution in [0.15, 0.2) is 54.7 Å². The molecule has 3 aromatic rings. The van der Waals surface area contributed by atoms with Gasteiger partial charge < -0.3 is 10.1 Å². The van der Waals surface area contributed by atoms with Crippen LogP contribution in [0.1, 0.15) is 35.3 Å². The standard InChI is InChI=1S/C21H17ClN2O2.C2H6/c1-13-4-2-3-5-16(13)21(25)24-20-7-6-15(12-23-20)17-11-19-14(8-9-26-19)10-18(17)22;1-2/h2-7,10-12H,8-9H2,1H3,(H,23,24,25);1-2H3. The molecule has 28 heavy (non-hydrogen) atoms. The highest BCUT2D eigenvalue weighted by atomic mass is 35.5. The number of aryl methyl sites for hydroxylation is 1. The smallest absolute Gasteiger partial charge is 0.257 e. The van der Waals surface area contributed by atoms with Crippen LogP contribution < -0.4 is 10.1 Å². The Kier molecular flexibility index (Phi) is 6.32. The molecule has 0 radical (unpaired) electrons. The first-order chi connectivity index (χ1) is 13.6. The Morgan fingerprint density at radius 1 is 1.14 bits per heavy atom. The average Bonchev–Trinajstić information content (AvgIpc) is 3.17. The van der Waals surface area contributed by atoms with Crippen molar-refractivity contribution in [3.8, 4) is 16.9 Å². The van der Waals surface area contributed by atoms with Gasteiger partial charge in [0.1, 0.15) is 11.6 Å². The van der Waals surface area contributed by atoms with Gasteiger partial charge >= 0.3 is 0 Å². The van der Waals surface area contributed by atoms with Crippen molar-refractivity contribution in [2.45, 2.75) is 27.2 Å². The van der Waals surface area contributed by atoms with Crippen LogP contribution in [-0.2, 0) is 6.42 Å². The first-order valence-electron chi connectivity index (χ1n) is 9.40. The zero-order valence-electron chi connectivity index (χ0n) is 16.3. The van der Waals surface area contributed by atoms with E-state index in [9.17, 15) is 4.79 Å². The highest BCUT2D eigenvalue weighted by molar-refractivity contribution is 6.33. The van der Waals surface area contributed by atoms with Gasteiger partial charge in [-0.2, -0.15) is 0 Å². The highest BCUT2D eigenvalue weighted by Crippen LogP contribution is 2.36. The Labute approximate surface area is 170 Å². The molecule has 0 atom stereocenters. The lowest BCUT2D eigenvalue weighted by Gasteiger charge is -2.10. The molecular formula is C23H23ClN2O2. The number of halogens is 1. The second-order valence-electron chi connectivity index (χ2n) is 6.24. The zero-order valence-corrected chi connectivity index (χ0v) is 17.0. The van der Waals surface area contributed by atoms with Crippen LogP contribution in [0.25, 0.3) is 11.1 Å². The van der Waals surface area contributed by atoms with Crippen LogP contribution >= 0.6 is 11.6 Å². The third-order valence-electron chi connectivity index (χ3n) is 4.48. The van der Waals surface area contributed by atoms with Gasteiger partial charge in [-0.05, 0) is 48.4 Å². The van der Waals surface area contributed by atoms with Crippen molar-refractivity contribution in [3.05, 3.63) is 76.4 Å². The summed E-state index contributed by atoms with van der Waals surface area (Å²) >= 11 is 6.41. The van der Waals surface area contributed by atoms with Gasteiger partial charge in [-0.1, -0.05) is 43.6 Å². The van der Waals surface area contributed by atoms with Crippen molar-refractivity contribution >= 4 is 23.3 Å². The van der Waals surface area contributed by atoms with Crippen LogP contribution in [-0.4, -0.2) is 17.5 Å². The van der Waals surface area contributed by atoms with Crippen LogP contribution in [0, 0.1) is 6.92 Å². The molecule has 1 aromatic heterocycles. The molecular weight excluding hydrogens is 372 g/mol. The fraction of sp³-hybridized carbons (Fsp3) is 0.217. The molecule has 5 heteroatoms. The van der Waals surface area contributed by atoms with Crippen molar-refractivity contribution in [2.75, 3.05) is 11.9 Å². The molecule has 0 spiro atoms. The molecule has 144 valence electrons. The maximum Gasteiger partial charge on any atom is 0.257 e. The summed E-state index contributed by atoms with van der Waals surface area (Å²) in [6.07, 6.45) is 2.59. The summed E-state index contributed by atoms with van der Waals surface area (Å²) < 4.78 is 5.62. The minimum Gasteiger partial charge on any atom is -0.493 e. The molecule has 0 bridgehead atoms. The number of aromatic nitrogens is 1. The first kappa shape index (κ1) is 19.9. The predicted octanol–water partition coefficient (Wildman–Crippen LogP) is 5.92. The van der Waals surface area contributed by atoms with E-state index < -0.39 is 0 Å². The van der Waals surface area contributed by atoms with E-state index in [-0.39, 0.29) is 5.91 Å². The van der Waals surface area contributed by atoms with E-state index in [2.05, 4.69) is 10.3 Å². The predicted molar refractivity (Wildman–Crippen MR) is 114 cm³/mol. The second kappa shape index (κ2) is 8.89. The molecule has 0 fully saturated rings. The van der Waals surface area contributed by atoms with Crippen molar-refractivity contribution in [3.63, 3.8) is 0 Å². The number of fused-ring (bicyclic) bond motifs is 1. The van der Waals surface area contributed by atoms with Gasteiger partial charge in [0.2, 0.25) is 0 Å². The number of hydrogen-bond donors (Lipinski definition) is 1. The molecule has 1 N–H and O–H groups in total. The third kappa shape index (κ3) is 4.18. The summed E-state index contributed by atoms with van der Waals surface area (Å²) in [6.45, 7) is 6.60. The minimum absolute atomic E-state index is 0.174. The maximum atomic E-state index is 12.4. The van der Waals surface area contributed by atoms with E-state index in [1.165, 1.54) is 0 Å². The number of anilines is 1.